The summed E-state index contributed by atoms with van der Waals surface area (Å²) >= 11 is 0. The molecule has 21 heavy (non-hydrogen) atoms. The molecule has 2 atom stereocenters. The molecule has 6 heteroatoms. The van der Waals surface area contributed by atoms with E-state index in [4.69, 9.17) is 15.2 Å². The third-order valence-electron chi connectivity index (χ3n) is 3.13. The second kappa shape index (κ2) is 7.52. The maximum absolute atomic E-state index is 12.1. The van der Waals surface area contributed by atoms with Crippen molar-refractivity contribution in [3.8, 4) is 5.75 Å². The smallest absolute Gasteiger partial charge is 0.341 e. The monoisotopic (exact) mass is 294 g/mol. The van der Waals surface area contributed by atoms with Gasteiger partial charge in [-0.1, -0.05) is 6.92 Å². The first-order chi connectivity index (χ1) is 9.88. The maximum Gasteiger partial charge on any atom is 0.341 e. The number of benzene rings is 1. The summed E-state index contributed by atoms with van der Waals surface area (Å²) in [5.41, 5.74) is 6.19. The van der Waals surface area contributed by atoms with Crippen LogP contribution in [-0.2, 0) is 9.53 Å². The number of nitrogens with one attached hydrogen (secondary N) is 1. The molecule has 2 unspecified atom stereocenters. The van der Waals surface area contributed by atoms with Gasteiger partial charge in [0.1, 0.15) is 5.75 Å². The number of methoxy groups -OCH3 is 1. The highest BCUT2D eigenvalue weighted by Gasteiger charge is 2.21. The Morgan fingerprint density at radius 3 is 2.57 bits per heavy atom. The zero-order chi connectivity index (χ0) is 16.0. The molecule has 1 rings (SSSR count). The lowest BCUT2D eigenvalue weighted by molar-refractivity contribution is -0.129. The zero-order valence-corrected chi connectivity index (χ0v) is 12.8. The Bertz CT molecular complexity index is 516. The minimum absolute atomic E-state index is 0.0283. The van der Waals surface area contributed by atoms with Gasteiger partial charge in [-0.15, -0.1) is 0 Å². The number of nitrogens with two attached hydrogens (primary N) is 1. The number of nitrogen functional groups attached to an aromatic ring is 1. The second-order valence-electron chi connectivity index (χ2n) is 4.82. The predicted octanol–water partition coefficient (Wildman–Crippen LogP) is 1.74. The summed E-state index contributed by atoms with van der Waals surface area (Å²) in [6.07, 6.45) is -0.0907. The Morgan fingerprint density at radius 2 is 2.00 bits per heavy atom. The average molecular weight is 294 g/mol. The van der Waals surface area contributed by atoms with E-state index < -0.39 is 12.1 Å². The first-order valence-corrected chi connectivity index (χ1v) is 6.83. The van der Waals surface area contributed by atoms with Gasteiger partial charge in [0.15, 0.2) is 6.10 Å². The lowest BCUT2D eigenvalue weighted by Gasteiger charge is -2.17. The normalized spacial score (nSPS) is 13.1. The Hall–Kier alpha value is -2.24. The summed E-state index contributed by atoms with van der Waals surface area (Å²) in [6, 6.07) is 4.71. The summed E-state index contributed by atoms with van der Waals surface area (Å²) < 4.78 is 10.2. The van der Waals surface area contributed by atoms with Gasteiger partial charge in [-0.2, -0.15) is 0 Å². The van der Waals surface area contributed by atoms with Gasteiger partial charge in [0.25, 0.3) is 5.91 Å². The van der Waals surface area contributed by atoms with Crippen molar-refractivity contribution in [1.82, 2.24) is 5.32 Å². The van der Waals surface area contributed by atoms with E-state index in [2.05, 4.69) is 5.32 Å². The van der Waals surface area contributed by atoms with Gasteiger partial charge in [0, 0.05) is 11.7 Å². The van der Waals surface area contributed by atoms with Gasteiger partial charge in [0.05, 0.1) is 12.7 Å². The highest BCUT2D eigenvalue weighted by atomic mass is 16.5. The van der Waals surface area contributed by atoms with E-state index in [1.54, 1.807) is 12.1 Å². The van der Waals surface area contributed by atoms with Crippen LogP contribution in [-0.4, -0.2) is 31.1 Å². The highest BCUT2D eigenvalue weighted by molar-refractivity contribution is 5.97. The molecule has 0 fully saturated rings. The van der Waals surface area contributed by atoms with Crippen molar-refractivity contribution in [2.45, 2.75) is 39.3 Å². The molecule has 6 nitrogen and oxygen atoms in total. The quantitative estimate of drug-likeness (QED) is 0.616. The van der Waals surface area contributed by atoms with Crippen LogP contribution in [0.4, 0.5) is 5.69 Å². The third kappa shape index (κ3) is 4.66. The van der Waals surface area contributed by atoms with Crippen LogP contribution in [0.3, 0.4) is 0 Å². The minimum atomic E-state index is -0.892. The van der Waals surface area contributed by atoms with Crippen LogP contribution in [0.5, 0.6) is 5.75 Å². The molecule has 0 saturated carbocycles. The van der Waals surface area contributed by atoms with Crippen LogP contribution in [0.2, 0.25) is 0 Å². The minimum Gasteiger partial charge on any atom is -0.497 e. The molecular formula is C15H22N2O4. The number of esters is 1. The van der Waals surface area contributed by atoms with Crippen LogP contribution in [0.15, 0.2) is 18.2 Å². The van der Waals surface area contributed by atoms with Gasteiger partial charge >= 0.3 is 5.97 Å². The van der Waals surface area contributed by atoms with E-state index in [1.165, 1.54) is 20.1 Å². The molecule has 3 N–H and O–H groups in total. The predicted molar refractivity (Wildman–Crippen MR) is 80.2 cm³/mol. The molecular weight excluding hydrogens is 272 g/mol. The molecule has 0 aliphatic rings. The summed E-state index contributed by atoms with van der Waals surface area (Å²) in [4.78, 5) is 23.9. The molecule has 0 radical (unpaired) electrons. The molecule has 0 saturated heterocycles. The van der Waals surface area contributed by atoms with E-state index >= 15 is 0 Å². The van der Waals surface area contributed by atoms with Crippen molar-refractivity contribution in [2.75, 3.05) is 12.8 Å². The Labute approximate surface area is 124 Å². The fourth-order valence-electron chi connectivity index (χ4n) is 1.58. The first-order valence-electron chi connectivity index (χ1n) is 6.83. The number of hydrogen-bond donors (Lipinski definition) is 2. The van der Waals surface area contributed by atoms with Crippen molar-refractivity contribution in [3.63, 3.8) is 0 Å². The van der Waals surface area contributed by atoms with Crippen molar-refractivity contribution < 1.29 is 19.1 Å². The molecule has 1 aromatic carbocycles. The molecule has 0 aliphatic heterocycles. The molecule has 116 valence electrons. The second-order valence-corrected chi connectivity index (χ2v) is 4.82. The van der Waals surface area contributed by atoms with E-state index in [0.717, 1.165) is 6.42 Å². The highest BCUT2D eigenvalue weighted by Crippen LogP contribution is 2.20. The average Bonchev–Trinajstić information content (AvgIpc) is 2.47. The van der Waals surface area contributed by atoms with E-state index in [9.17, 15) is 9.59 Å². The largest absolute Gasteiger partial charge is 0.497 e. The van der Waals surface area contributed by atoms with Crippen LogP contribution in [0, 0.1) is 0 Å². The van der Waals surface area contributed by atoms with E-state index in [0.29, 0.717) is 5.75 Å². The molecule has 0 bridgehead atoms. The van der Waals surface area contributed by atoms with Gasteiger partial charge in [0.2, 0.25) is 0 Å². The number of ether oxygens (including phenoxy) is 2. The first kappa shape index (κ1) is 16.8. The van der Waals surface area contributed by atoms with Crippen molar-refractivity contribution >= 4 is 17.6 Å². The fourth-order valence-corrected chi connectivity index (χ4v) is 1.58. The molecule has 1 aromatic rings. The van der Waals surface area contributed by atoms with Crippen LogP contribution in [0.25, 0.3) is 0 Å². The van der Waals surface area contributed by atoms with Crippen LogP contribution >= 0.6 is 0 Å². The van der Waals surface area contributed by atoms with Gasteiger partial charge in [-0.3, -0.25) is 4.79 Å². The standard InChI is InChI=1S/C15H22N2O4/c1-5-9(2)17-14(18)10(3)21-15(19)12-8-11(20-4)6-7-13(12)16/h6-10H,5,16H2,1-4H3,(H,17,18). The number of carbonyl (C=O) groups is 2. The van der Waals surface area contributed by atoms with Gasteiger partial charge < -0.3 is 20.5 Å². The maximum atomic E-state index is 12.1. The topological polar surface area (TPSA) is 90.6 Å². The SMILES string of the molecule is CCC(C)NC(=O)C(C)OC(=O)c1cc(OC)ccc1N. The number of amides is 1. The fraction of sp³-hybridized carbons (Fsp3) is 0.467. The van der Waals surface area contributed by atoms with Crippen molar-refractivity contribution in [1.29, 1.82) is 0 Å². The molecule has 0 spiro atoms. The Morgan fingerprint density at radius 1 is 1.33 bits per heavy atom. The van der Waals surface area contributed by atoms with Gasteiger partial charge in [-0.25, -0.2) is 4.79 Å². The summed E-state index contributed by atoms with van der Waals surface area (Å²) in [5.74, 6) is -0.495. The van der Waals surface area contributed by atoms with Crippen LogP contribution in [0.1, 0.15) is 37.6 Å². The Balaban J connectivity index is 2.74. The van der Waals surface area contributed by atoms with Crippen molar-refractivity contribution in [2.24, 2.45) is 0 Å². The molecule has 1 amide bonds. The third-order valence-corrected chi connectivity index (χ3v) is 3.13. The zero-order valence-electron chi connectivity index (χ0n) is 12.8. The summed E-state index contributed by atoms with van der Waals surface area (Å²) in [5, 5.41) is 2.75. The number of anilines is 1. The molecule has 0 aliphatic carbocycles. The Kier molecular flexibility index (Phi) is 6.02. The lowest BCUT2D eigenvalue weighted by Crippen LogP contribution is -2.40. The number of carbonyl (C=O) groups excluding carboxylic acids is 2. The lowest BCUT2D eigenvalue weighted by atomic mass is 10.1. The van der Waals surface area contributed by atoms with E-state index in [-0.39, 0.29) is 23.2 Å². The number of rotatable bonds is 6. The van der Waals surface area contributed by atoms with Crippen molar-refractivity contribution in [3.05, 3.63) is 23.8 Å². The van der Waals surface area contributed by atoms with Gasteiger partial charge in [-0.05, 0) is 38.5 Å². The number of hydrogen-bond acceptors (Lipinski definition) is 5. The summed E-state index contributed by atoms with van der Waals surface area (Å²) in [7, 11) is 1.49. The summed E-state index contributed by atoms with van der Waals surface area (Å²) in [6.45, 7) is 5.36. The van der Waals surface area contributed by atoms with Crippen LogP contribution < -0.4 is 15.8 Å². The molecule has 0 aromatic heterocycles. The van der Waals surface area contributed by atoms with E-state index in [1.807, 2.05) is 13.8 Å². The molecule has 0 heterocycles.